The third-order valence-electron chi connectivity index (χ3n) is 3.34. The Balaban J connectivity index is 0.00000128. The van der Waals surface area contributed by atoms with E-state index in [2.05, 4.69) is 10.2 Å². The first-order valence-corrected chi connectivity index (χ1v) is 5.97. The van der Waals surface area contributed by atoms with Crippen molar-refractivity contribution in [3.63, 3.8) is 0 Å². The smallest absolute Gasteiger partial charge is 0.237 e. The maximum atomic E-state index is 11.8. The third kappa shape index (κ3) is 3.61. The molecule has 1 aliphatic carbocycles. The lowest BCUT2D eigenvalue weighted by atomic mass is 10.0. The summed E-state index contributed by atoms with van der Waals surface area (Å²) in [5.74, 6) is 0.173. The molecule has 3 N–H and O–H groups in total. The van der Waals surface area contributed by atoms with Crippen molar-refractivity contribution >= 4 is 18.3 Å². The summed E-state index contributed by atoms with van der Waals surface area (Å²) in [6.45, 7) is 3.85. The summed E-state index contributed by atoms with van der Waals surface area (Å²) in [4.78, 5) is 14.0. The van der Waals surface area contributed by atoms with Gasteiger partial charge in [0.2, 0.25) is 5.91 Å². The summed E-state index contributed by atoms with van der Waals surface area (Å²) >= 11 is 0. The second-order valence-electron chi connectivity index (χ2n) is 4.86. The van der Waals surface area contributed by atoms with Crippen LogP contribution >= 0.6 is 12.4 Å². The molecule has 2 fully saturated rings. The van der Waals surface area contributed by atoms with E-state index in [1.807, 2.05) is 6.92 Å². The summed E-state index contributed by atoms with van der Waals surface area (Å²) in [6, 6.07) is 0.685. The van der Waals surface area contributed by atoms with Crippen LogP contribution in [0.4, 0.5) is 0 Å². The van der Waals surface area contributed by atoms with Crippen LogP contribution in [0, 0.1) is 0 Å². The summed E-state index contributed by atoms with van der Waals surface area (Å²) in [5, 5.41) is 3.04. The van der Waals surface area contributed by atoms with Crippen molar-refractivity contribution in [2.75, 3.05) is 13.1 Å². The molecule has 0 aromatic carbocycles. The zero-order valence-electron chi connectivity index (χ0n) is 9.82. The van der Waals surface area contributed by atoms with Crippen molar-refractivity contribution in [3.8, 4) is 0 Å². The number of rotatable bonds is 3. The van der Waals surface area contributed by atoms with Gasteiger partial charge in [-0.3, -0.25) is 9.69 Å². The van der Waals surface area contributed by atoms with Crippen molar-refractivity contribution in [1.29, 1.82) is 0 Å². The van der Waals surface area contributed by atoms with Crippen LogP contribution in [0.1, 0.15) is 32.6 Å². The van der Waals surface area contributed by atoms with Crippen molar-refractivity contribution < 1.29 is 4.79 Å². The average Bonchev–Trinajstić information content (AvgIpc) is 3.00. The van der Waals surface area contributed by atoms with Gasteiger partial charge in [-0.05, 0) is 39.2 Å². The Kier molecular flexibility index (Phi) is 5.02. The van der Waals surface area contributed by atoms with E-state index < -0.39 is 0 Å². The Morgan fingerprint density at radius 3 is 2.69 bits per heavy atom. The standard InChI is InChI=1S/C11H21N3O.ClH/c1-8(11(15)13-10-4-5-10)14-6-2-3-9(12)7-14;/h8-10H,2-7,12H2,1H3,(H,13,15);1H/t8?,9-;/m1./s1. The minimum Gasteiger partial charge on any atom is -0.352 e. The van der Waals surface area contributed by atoms with Gasteiger partial charge in [0.25, 0.3) is 0 Å². The monoisotopic (exact) mass is 247 g/mol. The molecule has 5 heteroatoms. The molecule has 1 saturated heterocycles. The Bertz CT molecular complexity index is 245. The van der Waals surface area contributed by atoms with Gasteiger partial charge < -0.3 is 11.1 Å². The van der Waals surface area contributed by atoms with E-state index in [0.717, 1.165) is 38.8 Å². The SMILES string of the molecule is CC(C(=O)NC1CC1)N1CCC[C@@H](N)C1.Cl. The zero-order chi connectivity index (χ0) is 10.8. The molecule has 0 radical (unpaired) electrons. The number of carbonyl (C=O) groups excluding carboxylic acids is 1. The summed E-state index contributed by atoms with van der Waals surface area (Å²) in [6.07, 6.45) is 4.51. The summed E-state index contributed by atoms with van der Waals surface area (Å²) in [7, 11) is 0. The number of hydrogen-bond acceptors (Lipinski definition) is 3. The molecule has 2 atom stereocenters. The molecule has 1 unspecified atom stereocenters. The number of nitrogens with one attached hydrogen (secondary N) is 1. The first-order chi connectivity index (χ1) is 7.16. The Labute approximate surface area is 103 Å². The van der Waals surface area contributed by atoms with E-state index in [1.165, 1.54) is 0 Å². The first-order valence-electron chi connectivity index (χ1n) is 5.97. The predicted octanol–water partition coefficient (Wildman–Crippen LogP) is 0.498. The van der Waals surface area contributed by atoms with Gasteiger partial charge in [0, 0.05) is 18.6 Å². The van der Waals surface area contributed by atoms with Crippen molar-refractivity contribution in [2.45, 2.75) is 50.7 Å². The fourth-order valence-electron chi connectivity index (χ4n) is 2.11. The van der Waals surface area contributed by atoms with Crippen molar-refractivity contribution in [2.24, 2.45) is 5.73 Å². The molecule has 1 aliphatic heterocycles. The predicted molar refractivity (Wildman–Crippen MR) is 66.7 cm³/mol. The lowest BCUT2D eigenvalue weighted by molar-refractivity contribution is -0.126. The van der Waals surface area contributed by atoms with Crippen LogP contribution in [0.3, 0.4) is 0 Å². The molecule has 1 saturated carbocycles. The molecule has 2 aliphatic rings. The molecular formula is C11H22ClN3O. The molecule has 0 aromatic heterocycles. The molecule has 1 heterocycles. The molecule has 0 aromatic rings. The fourth-order valence-corrected chi connectivity index (χ4v) is 2.11. The van der Waals surface area contributed by atoms with E-state index in [-0.39, 0.29) is 30.4 Å². The van der Waals surface area contributed by atoms with Gasteiger partial charge in [-0.2, -0.15) is 0 Å². The first kappa shape index (κ1) is 13.7. The topological polar surface area (TPSA) is 58.4 Å². The van der Waals surface area contributed by atoms with Crippen LogP contribution in [0.25, 0.3) is 0 Å². The number of nitrogens with zero attached hydrogens (tertiary/aromatic N) is 1. The van der Waals surface area contributed by atoms with Gasteiger partial charge in [-0.1, -0.05) is 0 Å². The van der Waals surface area contributed by atoms with E-state index in [1.54, 1.807) is 0 Å². The van der Waals surface area contributed by atoms with Gasteiger partial charge in [-0.15, -0.1) is 12.4 Å². The fraction of sp³-hybridized carbons (Fsp3) is 0.909. The van der Waals surface area contributed by atoms with E-state index in [4.69, 9.17) is 5.73 Å². The number of nitrogens with two attached hydrogens (primary N) is 1. The van der Waals surface area contributed by atoms with Gasteiger partial charge in [0.1, 0.15) is 0 Å². The Morgan fingerprint density at radius 1 is 1.44 bits per heavy atom. The molecule has 2 rings (SSSR count). The normalized spacial score (nSPS) is 28.0. The van der Waals surface area contributed by atoms with Gasteiger partial charge in [0.15, 0.2) is 0 Å². The highest BCUT2D eigenvalue weighted by molar-refractivity contribution is 5.85. The molecule has 0 spiro atoms. The van der Waals surface area contributed by atoms with Crippen molar-refractivity contribution in [1.82, 2.24) is 10.2 Å². The second kappa shape index (κ2) is 5.84. The molecule has 0 bridgehead atoms. The molecule has 1 amide bonds. The third-order valence-corrected chi connectivity index (χ3v) is 3.34. The number of halogens is 1. The maximum absolute atomic E-state index is 11.8. The van der Waals surface area contributed by atoms with E-state index in [9.17, 15) is 4.79 Å². The lowest BCUT2D eigenvalue weighted by Gasteiger charge is -2.34. The minimum atomic E-state index is -0.0167. The zero-order valence-corrected chi connectivity index (χ0v) is 10.6. The highest BCUT2D eigenvalue weighted by Crippen LogP contribution is 2.19. The lowest BCUT2D eigenvalue weighted by Crippen LogP contribution is -2.52. The molecular weight excluding hydrogens is 226 g/mol. The second-order valence-corrected chi connectivity index (χ2v) is 4.86. The van der Waals surface area contributed by atoms with Gasteiger partial charge >= 0.3 is 0 Å². The van der Waals surface area contributed by atoms with Crippen LogP contribution in [-0.4, -0.2) is 42.0 Å². The Hall–Kier alpha value is -0.320. The number of carbonyl (C=O) groups is 1. The highest BCUT2D eigenvalue weighted by Gasteiger charge is 2.29. The van der Waals surface area contributed by atoms with Crippen molar-refractivity contribution in [3.05, 3.63) is 0 Å². The maximum Gasteiger partial charge on any atom is 0.237 e. The number of hydrogen-bond donors (Lipinski definition) is 2. The summed E-state index contributed by atoms with van der Waals surface area (Å²) in [5.41, 5.74) is 5.90. The van der Waals surface area contributed by atoms with Crippen LogP contribution in [0.2, 0.25) is 0 Å². The van der Waals surface area contributed by atoms with Crippen LogP contribution < -0.4 is 11.1 Å². The number of piperidine rings is 1. The Morgan fingerprint density at radius 2 is 2.12 bits per heavy atom. The van der Waals surface area contributed by atoms with Crippen LogP contribution in [-0.2, 0) is 4.79 Å². The van der Waals surface area contributed by atoms with Crippen LogP contribution in [0.5, 0.6) is 0 Å². The average molecular weight is 248 g/mol. The molecule has 4 nitrogen and oxygen atoms in total. The molecule has 16 heavy (non-hydrogen) atoms. The van der Waals surface area contributed by atoms with E-state index in [0.29, 0.717) is 6.04 Å². The van der Waals surface area contributed by atoms with Gasteiger partial charge in [0.05, 0.1) is 6.04 Å². The number of likely N-dealkylation sites (tertiary alicyclic amines) is 1. The molecule has 94 valence electrons. The summed E-state index contributed by atoms with van der Waals surface area (Å²) < 4.78 is 0. The number of amides is 1. The van der Waals surface area contributed by atoms with E-state index >= 15 is 0 Å². The quantitative estimate of drug-likeness (QED) is 0.764. The minimum absolute atomic E-state index is 0. The highest BCUT2D eigenvalue weighted by atomic mass is 35.5. The van der Waals surface area contributed by atoms with Gasteiger partial charge in [-0.25, -0.2) is 0 Å². The van der Waals surface area contributed by atoms with Crippen LogP contribution in [0.15, 0.2) is 0 Å². The largest absolute Gasteiger partial charge is 0.352 e.